The molecule has 0 fully saturated rings. The van der Waals surface area contributed by atoms with E-state index in [1.54, 1.807) is 7.11 Å². The molecular weight excluding hydrogens is 326 g/mol. The minimum Gasteiger partial charge on any atom is -0.497 e. The number of rotatable bonds is 3. The summed E-state index contributed by atoms with van der Waals surface area (Å²) in [6, 6.07) is 15.0. The Hall–Kier alpha value is -2.47. The number of benzene rings is 2. The van der Waals surface area contributed by atoms with Crippen molar-refractivity contribution in [3.63, 3.8) is 0 Å². The van der Waals surface area contributed by atoms with Crippen molar-refractivity contribution in [3.05, 3.63) is 54.1 Å². The minimum atomic E-state index is -0.909. The quantitative estimate of drug-likeness (QED) is 0.865. The third-order valence-corrected chi connectivity index (χ3v) is 5.05. The maximum absolute atomic E-state index is 12.6. The molecule has 3 rings (SSSR count). The van der Waals surface area contributed by atoms with Crippen LogP contribution in [-0.2, 0) is 14.3 Å². The van der Waals surface area contributed by atoms with Crippen molar-refractivity contribution in [2.75, 3.05) is 12.4 Å². The maximum Gasteiger partial charge on any atom is 0.303 e. The number of thioether (sulfide) groups is 1. The highest BCUT2D eigenvalue weighted by atomic mass is 32.2. The zero-order valence-corrected chi connectivity index (χ0v) is 14.1. The van der Waals surface area contributed by atoms with Crippen LogP contribution in [0.3, 0.4) is 0 Å². The summed E-state index contributed by atoms with van der Waals surface area (Å²) in [5.74, 6) is -0.0880. The van der Waals surface area contributed by atoms with Crippen LogP contribution in [0.1, 0.15) is 17.7 Å². The number of carbonyl (C=O) groups is 2. The summed E-state index contributed by atoms with van der Waals surface area (Å²) < 4.78 is 10.5. The van der Waals surface area contributed by atoms with Gasteiger partial charge < -0.3 is 14.8 Å². The molecule has 0 aromatic heterocycles. The number of ether oxygens (including phenoxy) is 2. The van der Waals surface area contributed by atoms with E-state index in [0.29, 0.717) is 0 Å². The summed E-state index contributed by atoms with van der Waals surface area (Å²) >= 11 is 1.50. The van der Waals surface area contributed by atoms with Gasteiger partial charge in [-0.15, -0.1) is 11.8 Å². The highest BCUT2D eigenvalue weighted by Crippen LogP contribution is 2.44. The Balaban J connectivity index is 2.02. The maximum atomic E-state index is 12.6. The van der Waals surface area contributed by atoms with Crippen molar-refractivity contribution in [1.29, 1.82) is 0 Å². The van der Waals surface area contributed by atoms with Gasteiger partial charge in [-0.2, -0.15) is 0 Å². The molecule has 0 aliphatic carbocycles. The van der Waals surface area contributed by atoms with Crippen LogP contribution in [0.2, 0.25) is 0 Å². The molecule has 0 saturated heterocycles. The molecule has 0 radical (unpaired) electrons. The number of hydrogen-bond acceptors (Lipinski definition) is 5. The normalized spacial score (nSPS) is 19.7. The fourth-order valence-electron chi connectivity index (χ4n) is 2.54. The molecule has 6 heteroatoms. The number of amides is 1. The van der Waals surface area contributed by atoms with E-state index in [-0.39, 0.29) is 11.2 Å². The molecule has 1 aliphatic heterocycles. The van der Waals surface area contributed by atoms with Gasteiger partial charge in [0.25, 0.3) is 5.91 Å². The molecule has 1 N–H and O–H groups in total. The van der Waals surface area contributed by atoms with Crippen LogP contribution >= 0.6 is 11.8 Å². The van der Waals surface area contributed by atoms with Gasteiger partial charge in [-0.25, -0.2) is 0 Å². The number of hydrogen-bond donors (Lipinski definition) is 1. The van der Waals surface area contributed by atoms with Crippen LogP contribution in [0, 0.1) is 0 Å². The van der Waals surface area contributed by atoms with E-state index < -0.39 is 12.1 Å². The number of methoxy groups -OCH3 is 1. The molecule has 24 heavy (non-hydrogen) atoms. The van der Waals surface area contributed by atoms with Crippen molar-refractivity contribution >= 4 is 29.3 Å². The fraction of sp³-hybridized carbons (Fsp3) is 0.222. The second-order valence-corrected chi connectivity index (χ2v) is 6.51. The van der Waals surface area contributed by atoms with Crippen LogP contribution < -0.4 is 10.1 Å². The Kier molecular flexibility index (Phi) is 4.76. The first kappa shape index (κ1) is 16.4. The van der Waals surface area contributed by atoms with Gasteiger partial charge in [-0.3, -0.25) is 9.59 Å². The Morgan fingerprint density at radius 2 is 1.83 bits per heavy atom. The van der Waals surface area contributed by atoms with Crippen LogP contribution in [0.15, 0.2) is 53.4 Å². The summed E-state index contributed by atoms with van der Waals surface area (Å²) in [5, 5.41) is 2.49. The lowest BCUT2D eigenvalue weighted by atomic mass is 10.1. The monoisotopic (exact) mass is 343 g/mol. The molecule has 0 spiro atoms. The average Bonchev–Trinajstić information content (AvgIpc) is 2.72. The van der Waals surface area contributed by atoms with Gasteiger partial charge in [0.2, 0.25) is 0 Å². The van der Waals surface area contributed by atoms with Crippen molar-refractivity contribution in [2.45, 2.75) is 23.2 Å². The molecule has 1 amide bonds. The molecule has 0 unspecified atom stereocenters. The SMILES string of the molecule is COc1ccc([C@@H]2Sc3ccccc3NC(=O)[C@H]2OC(C)=O)cc1. The standard InChI is InChI=1S/C18H17NO4S/c1-11(20)23-16-17(12-7-9-13(22-2)10-8-12)24-15-6-4-3-5-14(15)19-18(16)21/h3-10,16-17H,1-2H3,(H,19,21)/t16-,17-/m0/s1. The molecule has 2 aromatic carbocycles. The predicted octanol–water partition coefficient (Wildman–Crippen LogP) is 3.41. The number of carbonyl (C=O) groups excluding carboxylic acids is 2. The van der Waals surface area contributed by atoms with E-state index in [4.69, 9.17) is 9.47 Å². The zero-order chi connectivity index (χ0) is 17.1. The first-order chi connectivity index (χ1) is 11.6. The van der Waals surface area contributed by atoms with E-state index in [1.807, 2.05) is 48.5 Å². The highest BCUT2D eigenvalue weighted by molar-refractivity contribution is 7.99. The van der Waals surface area contributed by atoms with Crippen molar-refractivity contribution in [1.82, 2.24) is 0 Å². The van der Waals surface area contributed by atoms with Gasteiger partial charge >= 0.3 is 5.97 Å². The van der Waals surface area contributed by atoms with Gasteiger partial charge in [0, 0.05) is 11.8 Å². The topological polar surface area (TPSA) is 64.6 Å². The Bertz CT molecular complexity index is 760. The van der Waals surface area contributed by atoms with Crippen molar-refractivity contribution in [3.8, 4) is 5.75 Å². The van der Waals surface area contributed by atoms with Gasteiger partial charge in [0.15, 0.2) is 6.10 Å². The summed E-state index contributed by atoms with van der Waals surface area (Å²) in [6.07, 6.45) is -0.909. The van der Waals surface area contributed by atoms with Crippen LogP contribution in [0.4, 0.5) is 5.69 Å². The van der Waals surface area contributed by atoms with E-state index in [0.717, 1.165) is 21.9 Å². The number of esters is 1. The third-order valence-electron chi connectivity index (χ3n) is 3.67. The summed E-state index contributed by atoms with van der Waals surface area (Å²) in [6.45, 7) is 1.31. The minimum absolute atomic E-state index is 0.330. The predicted molar refractivity (Wildman–Crippen MR) is 92.2 cm³/mol. The molecule has 0 saturated carbocycles. The van der Waals surface area contributed by atoms with Crippen LogP contribution in [-0.4, -0.2) is 25.1 Å². The highest BCUT2D eigenvalue weighted by Gasteiger charge is 2.36. The molecule has 1 aliphatic rings. The molecule has 0 bridgehead atoms. The molecule has 124 valence electrons. The van der Waals surface area contributed by atoms with Crippen molar-refractivity contribution in [2.24, 2.45) is 0 Å². The van der Waals surface area contributed by atoms with Crippen LogP contribution in [0.5, 0.6) is 5.75 Å². The molecule has 2 aromatic rings. The number of nitrogens with one attached hydrogen (secondary N) is 1. The zero-order valence-electron chi connectivity index (χ0n) is 13.3. The van der Waals surface area contributed by atoms with E-state index in [2.05, 4.69) is 5.32 Å². The molecule has 1 heterocycles. The fourth-order valence-corrected chi connectivity index (χ4v) is 3.82. The summed E-state index contributed by atoms with van der Waals surface area (Å²) in [4.78, 5) is 25.0. The van der Waals surface area contributed by atoms with Gasteiger partial charge in [0.05, 0.1) is 18.0 Å². The second kappa shape index (κ2) is 6.97. The lowest BCUT2D eigenvalue weighted by Crippen LogP contribution is -2.34. The Morgan fingerprint density at radius 3 is 2.50 bits per heavy atom. The van der Waals surface area contributed by atoms with E-state index >= 15 is 0 Å². The number of anilines is 1. The van der Waals surface area contributed by atoms with Crippen molar-refractivity contribution < 1.29 is 19.1 Å². The molecule has 2 atom stereocenters. The summed E-state index contributed by atoms with van der Waals surface area (Å²) in [5.41, 5.74) is 1.61. The van der Waals surface area contributed by atoms with E-state index in [1.165, 1.54) is 18.7 Å². The first-order valence-electron chi connectivity index (χ1n) is 7.46. The first-order valence-corrected chi connectivity index (χ1v) is 8.34. The van der Waals surface area contributed by atoms with Gasteiger partial charge in [0.1, 0.15) is 5.75 Å². The lowest BCUT2D eigenvalue weighted by Gasteiger charge is -2.23. The van der Waals surface area contributed by atoms with Crippen LogP contribution in [0.25, 0.3) is 0 Å². The Morgan fingerprint density at radius 1 is 1.12 bits per heavy atom. The lowest BCUT2D eigenvalue weighted by molar-refractivity contribution is -0.152. The summed E-state index contributed by atoms with van der Waals surface area (Å²) in [7, 11) is 1.60. The molecule has 5 nitrogen and oxygen atoms in total. The molecular formula is C18H17NO4S. The third kappa shape index (κ3) is 3.38. The smallest absolute Gasteiger partial charge is 0.303 e. The average molecular weight is 343 g/mol. The second-order valence-electron chi connectivity index (χ2n) is 5.33. The largest absolute Gasteiger partial charge is 0.497 e. The van der Waals surface area contributed by atoms with Gasteiger partial charge in [-0.05, 0) is 29.8 Å². The van der Waals surface area contributed by atoms with E-state index in [9.17, 15) is 9.59 Å². The number of fused-ring (bicyclic) bond motifs is 1. The number of para-hydroxylation sites is 1. The Labute approximate surface area is 144 Å². The van der Waals surface area contributed by atoms with Gasteiger partial charge in [-0.1, -0.05) is 24.3 Å².